The molecule has 2 rings (SSSR count). The van der Waals surface area contributed by atoms with Gasteiger partial charge in [0.2, 0.25) is 5.88 Å². The van der Waals surface area contributed by atoms with Crippen molar-refractivity contribution in [2.45, 2.75) is 19.5 Å². The van der Waals surface area contributed by atoms with Crippen molar-refractivity contribution in [1.29, 1.82) is 0 Å². The van der Waals surface area contributed by atoms with Crippen LogP contribution in [0, 0.1) is 0 Å². The molecule has 4 nitrogen and oxygen atoms in total. The molecule has 0 bridgehead atoms. The van der Waals surface area contributed by atoms with E-state index in [0.717, 1.165) is 6.07 Å². The summed E-state index contributed by atoms with van der Waals surface area (Å²) in [7, 11) is 3.14. The molecule has 0 aliphatic rings. The van der Waals surface area contributed by atoms with Crippen molar-refractivity contribution < 1.29 is 22.6 Å². The van der Waals surface area contributed by atoms with E-state index in [2.05, 4.69) is 4.98 Å². The minimum atomic E-state index is -4.40. The summed E-state index contributed by atoms with van der Waals surface area (Å²) in [5, 5.41) is 0.0579. The molecule has 0 aliphatic heterocycles. The topological polar surface area (TPSA) is 34.6 Å². The van der Waals surface area contributed by atoms with Crippen LogP contribution in [0.3, 0.4) is 0 Å². The first-order valence-corrected chi connectivity index (χ1v) is 7.83. The number of halogens is 3. The third kappa shape index (κ3) is 4.60. The number of aromatic nitrogens is 1. The molecule has 1 heterocycles. The van der Waals surface area contributed by atoms with Gasteiger partial charge in [0.05, 0.1) is 12.7 Å². The maximum atomic E-state index is 13.0. The van der Waals surface area contributed by atoms with E-state index in [-0.39, 0.29) is 22.9 Å². The number of anilines is 1. The Morgan fingerprint density at radius 1 is 1.24 bits per heavy atom. The average Bonchev–Trinajstić information content (AvgIpc) is 2.59. The zero-order valence-electron chi connectivity index (χ0n) is 13.9. The second-order valence-corrected chi connectivity index (χ2v) is 5.48. The number of alkyl halides is 3. The van der Waals surface area contributed by atoms with Gasteiger partial charge in [0, 0.05) is 13.1 Å². The highest BCUT2D eigenvalue weighted by Crippen LogP contribution is 2.34. The number of nitrogens with zero attached hydrogens (tertiary/aromatic N) is 2. The summed E-state index contributed by atoms with van der Waals surface area (Å²) in [6.07, 6.45) is -4.17. The van der Waals surface area contributed by atoms with Crippen molar-refractivity contribution in [1.82, 2.24) is 4.98 Å². The quantitative estimate of drug-likeness (QED) is 0.742. The Kier molecular flexibility index (Phi) is 5.84. The molecular formula is C17H17F3N2O2S. The molecule has 0 amide bonds. The van der Waals surface area contributed by atoms with E-state index in [4.69, 9.17) is 21.7 Å². The van der Waals surface area contributed by atoms with Crippen LogP contribution >= 0.6 is 12.2 Å². The molecule has 0 fully saturated rings. The summed E-state index contributed by atoms with van der Waals surface area (Å²) in [5.74, 6) is 1.14. The summed E-state index contributed by atoms with van der Waals surface area (Å²) >= 11 is 5.21. The van der Waals surface area contributed by atoms with E-state index >= 15 is 0 Å². The molecule has 1 aromatic carbocycles. The van der Waals surface area contributed by atoms with E-state index in [9.17, 15) is 13.2 Å². The van der Waals surface area contributed by atoms with Crippen molar-refractivity contribution in [3.8, 4) is 11.6 Å². The van der Waals surface area contributed by atoms with Gasteiger partial charge in [0.1, 0.15) is 11.6 Å². The SMILES string of the molecule is CCc1cc(OC(=S)N(C)c2cccc(OC)n2)ccc1C(F)(F)F. The van der Waals surface area contributed by atoms with Gasteiger partial charge in [0.15, 0.2) is 0 Å². The molecule has 1 aromatic heterocycles. The third-order valence-electron chi connectivity index (χ3n) is 3.50. The Morgan fingerprint density at radius 2 is 1.96 bits per heavy atom. The van der Waals surface area contributed by atoms with E-state index in [1.807, 2.05) is 0 Å². The number of rotatable bonds is 4. The molecule has 0 radical (unpaired) electrons. The van der Waals surface area contributed by atoms with Gasteiger partial charge in [-0.2, -0.15) is 18.2 Å². The first-order chi connectivity index (χ1) is 11.8. The van der Waals surface area contributed by atoms with Crippen molar-refractivity contribution in [3.05, 3.63) is 47.5 Å². The van der Waals surface area contributed by atoms with Gasteiger partial charge in [-0.3, -0.25) is 4.90 Å². The molecule has 0 aliphatic carbocycles. The first kappa shape index (κ1) is 19.0. The maximum absolute atomic E-state index is 13.0. The molecule has 25 heavy (non-hydrogen) atoms. The van der Waals surface area contributed by atoms with Crippen LogP contribution in [0.5, 0.6) is 11.6 Å². The molecule has 0 unspecified atom stereocenters. The van der Waals surface area contributed by atoms with Gasteiger partial charge >= 0.3 is 6.18 Å². The molecule has 0 N–H and O–H groups in total. The molecule has 0 atom stereocenters. The van der Waals surface area contributed by atoms with Crippen LogP contribution in [0.25, 0.3) is 0 Å². The minimum Gasteiger partial charge on any atom is -0.481 e. The molecule has 0 saturated heterocycles. The Bertz CT molecular complexity index is 766. The van der Waals surface area contributed by atoms with Gasteiger partial charge < -0.3 is 9.47 Å². The lowest BCUT2D eigenvalue weighted by Gasteiger charge is -2.20. The van der Waals surface area contributed by atoms with Gasteiger partial charge in [-0.15, -0.1) is 0 Å². The highest BCUT2D eigenvalue weighted by atomic mass is 32.1. The number of hydrogen-bond donors (Lipinski definition) is 0. The van der Waals surface area contributed by atoms with Crippen LogP contribution < -0.4 is 14.4 Å². The molecule has 0 saturated carbocycles. The number of pyridine rings is 1. The summed E-state index contributed by atoms with van der Waals surface area (Å²) in [6, 6.07) is 8.74. The second kappa shape index (κ2) is 7.69. The van der Waals surface area contributed by atoms with E-state index < -0.39 is 11.7 Å². The van der Waals surface area contributed by atoms with Crippen LogP contribution in [0.2, 0.25) is 0 Å². The van der Waals surface area contributed by atoms with Crippen molar-refractivity contribution >= 4 is 23.2 Å². The number of hydrogen-bond acceptors (Lipinski definition) is 4. The normalized spacial score (nSPS) is 11.1. The summed E-state index contributed by atoms with van der Waals surface area (Å²) in [6.45, 7) is 1.65. The van der Waals surface area contributed by atoms with Crippen molar-refractivity contribution in [3.63, 3.8) is 0 Å². The van der Waals surface area contributed by atoms with Crippen molar-refractivity contribution in [2.75, 3.05) is 19.1 Å². The van der Waals surface area contributed by atoms with E-state index in [0.29, 0.717) is 11.7 Å². The molecule has 8 heteroatoms. The monoisotopic (exact) mass is 370 g/mol. The fraction of sp³-hybridized carbons (Fsp3) is 0.294. The number of methoxy groups -OCH3 is 1. The lowest BCUT2D eigenvalue weighted by molar-refractivity contribution is -0.138. The predicted octanol–water partition coefficient (Wildman–Crippen LogP) is 4.47. The van der Waals surface area contributed by atoms with E-state index in [1.54, 1.807) is 32.2 Å². The number of ether oxygens (including phenoxy) is 2. The van der Waals surface area contributed by atoms with Crippen LogP contribution in [0.4, 0.5) is 19.0 Å². The molecule has 2 aromatic rings. The standard InChI is InChI=1S/C17H17F3N2O2S/c1-4-11-10-12(8-9-13(11)17(18,19)20)24-16(25)22(2)14-6-5-7-15(21-14)23-3/h5-10H,4H2,1-3H3. The number of benzene rings is 1. The Hall–Kier alpha value is -2.35. The largest absolute Gasteiger partial charge is 0.481 e. The number of aryl methyl sites for hydroxylation is 1. The predicted molar refractivity (Wildman–Crippen MR) is 93.2 cm³/mol. The maximum Gasteiger partial charge on any atom is 0.416 e. The van der Waals surface area contributed by atoms with Gasteiger partial charge in [-0.05, 0) is 48.5 Å². The van der Waals surface area contributed by atoms with Crippen LogP contribution in [-0.4, -0.2) is 24.3 Å². The smallest absolute Gasteiger partial charge is 0.416 e. The lowest BCUT2D eigenvalue weighted by atomic mass is 10.0. The van der Waals surface area contributed by atoms with Gasteiger partial charge in [0.25, 0.3) is 5.17 Å². The average molecular weight is 370 g/mol. The second-order valence-electron chi connectivity index (χ2n) is 5.14. The first-order valence-electron chi connectivity index (χ1n) is 7.43. The zero-order chi connectivity index (χ0) is 18.6. The van der Waals surface area contributed by atoms with Crippen LogP contribution in [0.1, 0.15) is 18.1 Å². The van der Waals surface area contributed by atoms with Crippen molar-refractivity contribution in [2.24, 2.45) is 0 Å². The summed E-state index contributed by atoms with van der Waals surface area (Å²) in [4.78, 5) is 5.72. The van der Waals surface area contributed by atoms with E-state index in [1.165, 1.54) is 24.1 Å². The minimum absolute atomic E-state index is 0.0579. The lowest BCUT2D eigenvalue weighted by Crippen LogP contribution is -2.30. The highest BCUT2D eigenvalue weighted by Gasteiger charge is 2.33. The Balaban J connectivity index is 2.19. The summed E-state index contributed by atoms with van der Waals surface area (Å²) < 4.78 is 49.4. The third-order valence-corrected chi connectivity index (χ3v) is 3.86. The van der Waals surface area contributed by atoms with Crippen LogP contribution in [0.15, 0.2) is 36.4 Å². The molecular weight excluding hydrogens is 353 g/mol. The fourth-order valence-electron chi connectivity index (χ4n) is 2.17. The zero-order valence-corrected chi connectivity index (χ0v) is 14.7. The van der Waals surface area contributed by atoms with Gasteiger partial charge in [-0.1, -0.05) is 13.0 Å². The summed E-state index contributed by atoms with van der Waals surface area (Å²) in [5.41, 5.74) is -0.522. The Labute approximate surface area is 149 Å². The fourth-order valence-corrected chi connectivity index (χ4v) is 2.36. The van der Waals surface area contributed by atoms with Crippen LogP contribution in [-0.2, 0) is 12.6 Å². The molecule has 134 valence electrons. The number of thiocarbonyl (C=S) groups is 1. The van der Waals surface area contributed by atoms with Gasteiger partial charge in [-0.25, -0.2) is 0 Å². The highest BCUT2D eigenvalue weighted by molar-refractivity contribution is 7.80. The molecule has 0 spiro atoms. The Morgan fingerprint density at radius 3 is 2.56 bits per heavy atom.